The molecule has 0 fully saturated rings. The summed E-state index contributed by atoms with van der Waals surface area (Å²) in [5.41, 5.74) is 12.2. The molecule has 6 nitrogen and oxygen atoms in total. The Balaban J connectivity index is 1.63. The molecule has 0 bridgehead atoms. The van der Waals surface area contributed by atoms with E-state index in [2.05, 4.69) is 91.4 Å². The standard InChI is InChI=1S/C27H30N6/c1-17(2)22-11-12-24(31-30-22)20-8-14-25(29-16-20)27(5,18(3)4)21-9-6-19(7-10-21)23-13-15-26(28)33-32-23/h6-18H,1-5H3,(H2,28,33). The van der Waals surface area contributed by atoms with Crippen LogP contribution in [0.25, 0.3) is 22.5 Å². The maximum Gasteiger partial charge on any atom is 0.146 e. The number of nitrogen functional groups attached to an aromatic ring is 1. The highest BCUT2D eigenvalue weighted by atomic mass is 15.1. The van der Waals surface area contributed by atoms with Crippen molar-refractivity contribution < 1.29 is 0 Å². The van der Waals surface area contributed by atoms with Gasteiger partial charge < -0.3 is 5.73 Å². The molecule has 1 unspecified atom stereocenters. The van der Waals surface area contributed by atoms with Gasteiger partial charge in [-0.3, -0.25) is 4.98 Å². The summed E-state index contributed by atoms with van der Waals surface area (Å²) in [6.07, 6.45) is 1.90. The first-order chi connectivity index (χ1) is 15.8. The van der Waals surface area contributed by atoms with Crippen molar-refractivity contribution in [3.8, 4) is 22.5 Å². The summed E-state index contributed by atoms with van der Waals surface area (Å²) < 4.78 is 0. The monoisotopic (exact) mass is 438 g/mol. The largest absolute Gasteiger partial charge is 0.382 e. The SMILES string of the molecule is CC(C)c1ccc(-c2ccc(C(C)(c3ccc(-c4ccc(N)nn4)cc3)C(C)C)nc2)nn1. The topological polar surface area (TPSA) is 90.5 Å². The lowest BCUT2D eigenvalue weighted by Gasteiger charge is -2.34. The molecule has 0 aliphatic carbocycles. The lowest BCUT2D eigenvalue weighted by Crippen LogP contribution is -2.31. The Kier molecular flexibility index (Phi) is 6.18. The number of pyridine rings is 1. The van der Waals surface area contributed by atoms with Gasteiger partial charge in [0, 0.05) is 22.7 Å². The van der Waals surface area contributed by atoms with Gasteiger partial charge in [0.25, 0.3) is 0 Å². The molecule has 1 atom stereocenters. The number of benzene rings is 1. The molecule has 1 aromatic carbocycles. The second-order valence-corrected chi connectivity index (χ2v) is 9.21. The zero-order valence-electron chi connectivity index (χ0n) is 19.8. The van der Waals surface area contributed by atoms with E-state index in [9.17, 15) is 0 Å². The predicted molar refractivity (Wildman–Crippen MR) is 133 cm³/mol. The average Bonchev–Trinajstić information content (AvgIpc) is 2.84. The van der Waals surface area contributed by atoms with Crippen molar-refractivity contribution >= 4 is 5.82 Å². The van der Waals surface area contributed by atoms with Crippen LogP contribution in [0.1, 0.15) is 57.5 Å². The summed E-state index contributed by atoms with van der Waals surface area (Å²) in [6.45, 7) is 10.9. The van der Waals surface area contributed by atoms with E-state index in [0.29, 0.717) is 17.7 Å². The van der Waals surface area contributed by atoms with Crippen molar-refractivity contribution in [2.75, 3.05) is 5.73 Å². The minimum atomic E-state index is -0.253. The first kappa shape index (κ1) is 22.5. The molecular weight excluding hydrogens is 408 g/mol. The zero-order chi connectivity index (χ0) is 23.6. The Morgan fingerprint density at radius 3 is 1.85 bits per heavy atom. The summed E-state index contributed by atoms with van der Waals surface area (Å²) >= 11 is 0. The van der Waals surface area contributed by atoms with Gasteiger partial charge in [-0.1, -0.05) is 52.0 Å². The van der Waals surface area contributed by atoms with Gasteiger partial charge >= 0.3 is 0 Å². The maximum absolute atomic E-state index is 5.66. The number of rotatable bonds is 6. The molecule has 3 aromatic heterocycles. The van der Waals surface area contributed by atoms with Crippen molar-refractivity contribution in [3.63, 3.8) is 0 Å². The van der Waals surface area contributed by atoms with Crippen LogP contribution in [0.5, 0.6) is 0 Å². The van der Waals surface area contributed by atoms with Crippen LogP contribution in [0.3, 0.4) is 0 Å². The van der Waals surface area contributed by atoms with Crippen molar-refractivity contribution in [1.29, 1.82) is 0 Å². The fourth-order valence-corrected chi connectivity index (χ4v) is 3.92. The molecule has 6 heteroatoms. The Hall–Kier alpha value is -3.67. The van der Waals surface area contributed by atoms with Crippen LogP contribution in [-0.4, -0.2) is 25.4 Å². The van der Waals surface area contributed by atoms with Gasteiger partial charge in [0.05, 0.1) is 22.8 Å². The highest BCUT2D eigenvalue weighted by Gasteiger charge is 2.34. The van der Waals surface area contributed by atoms with Crippen LogP contribution in [0, 0.1) is 5.92 Å². The van der Waals surface area contributed by atoms with Gasteiger partial charge in [0.15, 0.2) is 0 Å². The number of anilines is 1. The summed E-state index contributed by atoms with van der Waals surface area (Å²) in [7, 11) is 0. The molecule has 0 amide bonds. The van der Waals surface area contributed by atoms with E-state index in [0.717, 1.165) is 33.9 Å². The van der Waals surface area contributed by atoms with Crippen LogP contribution in [-0.2, 0) is 5.41 Å². The number of hydrogen-bond acceptors (Lipinski definition) is 6. The molecule has 0 saturated carbocycles. The van der Waals surface area contributed by atoms with E-state index in [4.69, 9.17) is 10.7 Å². The second kappa shape index (κ2) is 9.06. The zero-order valence-corrected chi connectivity index (χ0v) is 19.8. The summed E-state index contributed by atoms with van der Waals surface area (Å²) in [6, 6.07) is 20.3. The lowest BCUT2D eigenvalue weighted by atomic mass is 9.70. The molecule has 2 N–H and O–H groups in total. The fraction of sp³-hybridized carbons (Fsp3) is 0.296. The molecule has 0 saturated heterocycles. The van der Waals surface area contributed by atoms with Gasteiger partial charge in [0.2, 0.25) is 0 Å². The Morgan fingerprint density at radius 1 is 0.697 bits per heavy atom. The normalized spacial score (nSPS) is 13.3. The summed E-state index contributed by atoms with van der Waals surface area (Å²) in [4.78, 5) is 4.87. The quantitative estimate of drug-likeness (QED) is 0.417. The molecule has 3 heterocycles. The maximum atomic E-state index is 5.66. The van der Waals surface area contributed by atoms with Crippen molar-refractivity contribution in [2.24, 2.45) is 5.92 Å². The van der Waals surface area contributed by atoms with Crippen LogP contribution in [0.2, 0.25) is 0 Å². The van der Waals surface area contributed by atoms with Crippen molar-refractivity contribution in [2.45, 2.75) is 46.0 Å². The molecule has 168 valence electrons. The minimum Gasteiger partial charge on any atom is -0.382 e. The summed E-state index contributed by atoms with van der Waals surface area (Å²) in [5.74, 6) is 1.11. The smallest absolute Gasteiger partial charge is 0.146 e. The van der Waals surface area contributed by atoms with Crippen molar-refractivity contribution in [3.05, 3.63) is 83.8 Å². The third kappa shape index (κ3) is 4.46. The number of hydrogen-bond donors (Lipinski definition) is 1. The van der Waals surface area contributed by atoms with Crippen LogP contribution in [0.4, 0.5) is 5.82 Å². The highest BCUT2D eigenvalue weighted by molar-refractivity contribution is 5.61. The molecule has 4 rings (SSSR count). The summed E-state index contributed by atoms with van der Waals surface area (Å²) in [5, 5.41) is 16.9. The van der Waals surface area contributed by atoms with Crippen molar-refractivity contribution in [1.82, 2.24) is 25.4 Å². The molecule has 33 heavy (non-hydrogen) atoms. The Morgan fingerprint density at radius 2 is 1.33 bits per heavy atom. The van der Waals surface area contributed by atoms with Gasteiger partial charge in [0.1, 0.15) is 5.82 Å². The first-order valence-corrected chi connectivity index (χ1v) is 11.3. The minimum absolute atomic E-state index is 0.253. The van der Waals surface area contributed by atoms with E-state index in [1.54, 1.807) is 6.07 Å². The van der Waals surface area contributed by atoms with E-state index in [1.165, 1.54) is 5.56 Å². The number of aromatic nitrogens is 5. The van der Waals surface area contributed by atoms with E-state index < -0.39 is 0 Å². The highest BCUT2D eigenvalue weighted by Crippen LogP contribution is 2.39. The predicted octanol–water partition coefficient (Wildman–Crippen LogP) is 5.66. The van der Waals surface area contributed by atoms with Gasteiger partial charge in [-0.25, -0.2) is 0 Å². The second-order valence-electron chi connectivity index (χ2n) is 9.21. The molecular formula is C27H30N6. The van der Waals surface area contributed by atoms with Gasteiger partial charge in [-0.2, -0.15) is 10.2 Å². The van der Waals surface area contributed by atoms with E-state index >= 15 is 0 Å². The Bertz CT molecular complexity index is 1200. The lowest BCUT2D eigenvalue weighted by molar-refractivity contribution is 0.395. The van der Waals surface area contributed by atoms with Gasteiger partial charge in [-0.05, 0) is 60.7 Å². The third-order valence-electron chi connectivity index (χ3n) is 6.49. The van der Waals surface area contributed by atoms with Crippen LogP contribution >= 0.6 is 0 Å². The van der Waals surface area contributed by atoms with Crippen LogP contribution < -0.4 is 5.73 Å². The fourth-order valence-electron chi connectivity index (χ4n) is 3.92. The molecule has 4 aromatic rings. The average molecular weight is 439 g/mol. The van der Waals surface area contributed by atoms with Crippen LogP contribution in [0.15, 0.2) is 66.9 Å². The molecule has 0 radical (unpaired) electrons. The molecule has 0 aliphatic heterocycles. The third-order valence-corrected chi connectivity index (χ3v) is 6.49. The molecule has 0 spiro atoms. The van der Waals surface area contributed by atoms with E-state index in [-0.39, 0.29) is 5.41 Å². The first-order valence-electron chi connectivity index (χ1n) is 11.3. The van der Waals surface area contributed by atoms with Gasteiger partial charge in [-0.15, -0.1) is 10.2 Å². The number of nitrogens with two attached hydrogens (primary N) is 1. The number of nitrogens with zero attached hydrogens (tertiary/aromatic N) is 5. The van der Waals surface area contributed by atoms with E-state index in [1.807, 2.05) is 24.4 Å². The Labute approximate surface area is 195 Å². The molecule has 0 aliphatic rings.